The van der Waals surface area contributed by atoms with Gasteiger partial charge in [0.25, 0.3) is 5.91 Å². The van der Waals surface area contributed by atoms with Crippen molar-refractivity contribution >= 4 is 47.0 Å². The van der Waals surface area contributed by atoms with Crippen LogP contribution in [0.3, 0.4) is 0 Å². The number of urea groups is 1. The van der Waals surface area contributed by atoms with E-state index >= 15 is 0 Å². The summed E-state index contributed by atoms with van der Waals surface area (Å²) in [5.41, 5.74) is 5.70. The van der Waals surface area contributed by atoms with Crippen molar-refractivity contribution in [2.45, 2.75) is 76.1 Å². The first kappa shape index (κ1) is 47.4. The highest BCUT2D eigenvalue weighted by Gasteiger charge is 2.39. The summed E-state index contributed by atoms with van der Waals surface area (Å²) in [5, 5.41) is 2.68. The maximum absolute atomic E-state index is 14.3. The molecule has 19 heteroatoms. The number of halogens is 4. The molecule has 4 fully saturated rings. The van der Waals surface area contributed by atoms with Crippen LogP contribution >= 0.6 is 11.6 Å². The fraction of sp³-hybridized carbons (Fsp3) is 0.644. The van der Waals surface area contributed by atoms with Crippen LogP contribution in [-0.2, 0) is 42.8 Å². The monoisotopic (exact) mass is 919 g/mol. The van der Waals surface area contributed by atoms with Gasteiger partial charge in [-0.25, -0.2) is 9.59 Å². The van der Waals surface area contributed by atoms with Crippen LogP contribution < -0.4 is 15.8 Å². The zero-order valence-corrected chi connectivity index (χ0v) is 37.3. The minimum atomic E-state index is -4.80. The minimum absolute atomic E-state index is 0.0562. The molecule has 5 heterocycles. The lowest BCUT2D eigenvalue weighted by molar-refractivity contribution is -0.145. The summed E-state index contributed by atoms with van der Waals surface area (Å²) in [7, 11) is 1.59. The number of nitrogens with one attached hydrogen (secondary N) is 1. The number of alkyl halides is 3. The van der Waals surface area contributed by atoms with Crippen molar-refractivity contribution in [2.75, 3.05) is 110 Å². The number of nitrogens with two attached hydrogens (primary N) is 1. The number of nitrogens with zero attached hydrogens (tertiary/aromatic N) is 5. The van der Waals surface area contributed by atoms with Gasteiger partial charge in [0.05, 0.1) is 49.7 Å². The third-order valence-corrected chi connectivity index (χ3v) is 13.8. The smallest absolute Gasteiger partial charge is 0.418 e. The van der Waals surface area contributed by atoms with Crippen LogP contribution in [0.2, 0.25) is 5.02 Å². The fourth-order valence-electron chi connectivity index (χ4n) is 9.78. The lowest BCUT2D eigenvalue weighted by atomic mass is 9.78. The first-order valence-electron chi connectivity index (χ1n) is 22.6. The number of benzene rings is 2. The number of ether oxygens (including phenoxy) is 4. The van der Waals surface area contributed by atoms with Gasteiger partial charge in [0.15, 0.2) is 6.10 Å². The maximum Gasteiger partial charge on any atom is 0.418 e. The topological polar surface area (TPSA) is 159 Å². The van der Waals surface area contributed by atoms with Gasteiger partial charge in [-0.2, -0.15) is 13.2 Å². The Morgan fingerprint density at radius 1 is 0.891 bits per heavy atom. The molecule has 0 radical (unpaired) electrons. The van der Waals surface area contributed by atoms with E-state index in [0.29, 0.717) is 63.1 Å². The largest absolute Gasteiger partial charge is 0.497 e. The quantitative estimate of drug-likeness (QED) is 0.143. The second-order valence-corrected chi connectivity index (χ2v) is 17.9. The number of rotatable bonds is 13. The third kappa shape index (κ3) is 12.2. The number of hydrogen-bond acceptors (Lipinski definition) is 11. The van der Waals surface area contributed by atoms with E-state index in [9.17, 15) is 32.3 Å². The van der Waals surface area contributed by atoms with Crippen molar-refractivity contribution in [1.82, 2.24) is 24.5 Å². The Labute approximate surface area is 377 Å². The van der Waals surface area contributed by atoms with Gasteiger partial charge in [-0.15, -0.1) is 0 Å². The summed E-state index contributed by atoms with van der Waals surface area (Å²) in [6, 6.07) is 7.27. The van der Waals surface area contributed by atoms with Crippen LogP contribution in [0.5, 0.6) is 5.75 Å². The first-order chi connectivity index (χ1) is 30.7. The molecule has 0 saturated carbocycles. The summed E-state index contributed by atoms with van der Waals surface area (Å²) in [5.74, 6) is 0.781. The third-order valence-electron chi connectivity index (χ3n) is 13.5. The molecule has 64 heavy (non-hydrogen) atoms. The Kier molecular flexibility index (Phi) is 16.0. The number of carbonyl (C=O) groups is 4. The number of fused-ring (bicyclic) bond motifs is 1. The highest BCUT2D eigenvalue weighted by atomic mass is 35.5. The van der Waals surface area contributed by atoms with Crippen LogP contribution in [0.25, 0.3) is 0 Å². The van der Waals surface area contributed by atoms with Gasteiger partial charge in [0.2, 0.25) is 0 Å². The van der Waals surface area contributed by atoms with Crippen molar-refractivity contribution in [1.29, 1.82) is 0 Å². The predicted molar refractivity (Wildman–Crippen MR) is 233 cm³/mol. The second-order valence-electron chi connectivity index (χ2n) is 17.5. The lowest BCUT2D eigenvalue weighted by Gasteiger charge is -2.41. The van der Waals surface area contributed by atoms with Gasteiger partial charge >= 0.3 is 24.3 Å². The number of amides is 4. The number of nitrogen functional groups attached to an aromatic ring is 1. The van der Waals surface area contributed by atoms with E-state index in [1.54, 1.807) is 23.0 Å². The van der Waals surface area contributed by atoms with E-state index in [4.69, 9.17) is 36.3 Å². The molecule has 0 unspecified atom stereocenters. The molecule has 4 amide bonds. The summed E-state index contributed by atoms with van der Waals surface area (Å²) in [4.78, 5) is 63.2. The molecule has 352 valence electrons. The molecule has 3 N–H and O–H groups in total. The number of anilines is 2. The van der Waals surface area contributed by atoms with Crippen molar-refractivity contribution < 1.29 is 51.3 Å². The Morgan fingerprint density at radius 2 is 1.56 bits per heavy atom. The van der Waals surface area contributed by atoms with Crippen molar-refractivity contribution in [3.05, 3.63) is 52.0 Å². The van der Waals surface area contributed by atoms with E-state index < -0.39 is 35.5 Å². The molecule has 2 aromatic carbocycles. The van der Waals surface area contributed by atoms with Gasteiger partial charge in [0.1, 0.15) is 5.75 Å². The molecular weight excluding hydrogens is 859 g/mol. The highest BCUT2D eigenvalue weighted by molar-refractivity contribution is 6.33. The number of hydrogen-bond donors (Lipinski definition) is 2. The highest BCUT2D eigenvalue weighted by Crippen LogP contribution is 2.39. The number of methoxy groups -OCH3 is 1. The Morgan fingerprint density at radius 3 is 2.23 bits per heavy atom. The van der Waals surface area contributed by atoms with E-state index in [2.05, 4.69) is 15.1 Å². The normalized spacial score (nSPS) is 20.6. The van der Waals surface area contributed by atoms with Crippen LogP contribution in [0, 0.1) is 11.8 Å². The van der Waals surface area contributed by atoms with Crippen LogP contribution in [0.1, 0.15) is 61.6 Å². The molecular formula is C45H61ClF3N7O8. The van der Waals surface area contributed by atoms with Crippen molar-refractivity contribution in [2.24, 2.45) is 11.8 Å². The average Bonchev–Trinajstić information content (AvgIpc) is 3.46. The average molecular weight is 920 g/mol. The molecule has 7 rings (SSSR count). The summed E-state index contributed by atoms with van der Waals surface area (Å²) >= 11 is 6.17. The molecule has 5 aliphatic heterocycles. The number of esters is 1. The Bertz CT molecular complexity index is 1950. The van der Waals surface area contributed by atoms with Gasteiger partial charge in [0, 0.05) is 70.5 Å². The molecule has 0 bridgehead atoms. The SMILES string of the molecule is COc1ccc2c(c1)CCN(C1CCN(C(=O)O[C@H](Cc3cc(Cl)c(N)c(C(F)(F)F)c3)C(=O)N3CCC(C4CCN(CC(=O)OCCCN5CCOCC5)CC4)CC3)CC1)C(=O)N2. The summed E-state index contributed by atoms with van der Waals surface area (Å²) in [6.07, 6.45) is -1.67. The molecule has 4 saturated heterocycles. The Hall–Kier alpha value is -4.52. The van der Waals surface area contributed by atoms with Gasteiger partial charge in [-0.3, -0.25) is 19.4 Å². The summed E-state index contributed by atoms with van der Waals surface area (Å²) < 4.78 is 64.1. The summed E-state index contributed by atoms with van der Waals surface area (Å²) in [6.45, 7) is 8.19. The van der Waals surface area contributed by atoms with Gasteiger partial charge < -0.3 is 44.7 Å². The van der Waals surface area contributed by atoms with Crippen LogP contribution in [-0.4, -0.2) is 160 Å². The minimum Gasteiger partial charge on any atom is -0.497 e. The molecule has 5 aliphatic rings. The standard InChI is InChI=1S/C45H61ClF3N7O8/c1-61-35-3-4-38-33(28-35)9-19-56(43(59)51-38)34-10-17-55(18-11-34)44(60)64-39(27-30-25-36(45(47,48)49)41(50)37(46)26-30)42(58)54-15-7-32(8-16-54)31-5-13-53(14-6-31)29-40(57)63-22-2-12-52-20-23-62-24-21-52/h3-4,25-26,28,31-32,34,39H,2,5-24,27,29,50H2,1H3,(H,51,59)/t39-/m1/s1. The molecule has 2 aromatic rings. The van der Waals surface area contributed by atoms with Gasteiger partial charge in [-0.05, 0) is 118 Å². The molecule has 15 nitrogen and oxygen atoms in total. The van der Waals surface area contributed by atoms with E-state index in [1.165, 1.54) is 11.0 Å². The van der Waals surface area contributed by atoms with Crippen LogP contribution in [0.15, 0.2) is 30.3 Å². The second kappa shape index (κ2) is 21.6. The van der Waals surface area contributed by atoms with Crippen molar-refractivity contribution in [3.63, 3.8) is 0 Å². The molecule has 0 spiro atoms. The zero-order valence-electron chi connectivity index (χ0n) is 36.6. The number of carbonyl (C=O) groups excluding carboxylic acids is 4. The first-order valence-corrected chi connectivity index (χ1v) is 23.0. The Balaban J connectivity index is 0.916. The van der Waals surface area contributed by atoms with E-state index in [1.807, 2.05) is 12.1 Å². The number of morpholine rings is 1. The molecule has 0 aromatic heterocycles. The maximum atomic E-state index is 14.3. The van der Waals surface area contributed by atoms with E-state index in [-0.39, 0.29) is 54.7 Å². The van der Waals surface area contributed by atoms with Gasteiger partial charge in [-0.1, -0.05) is 11.6 Å². The van der Waals surface area contributed by atoms with Crippen molar-refractivity contribution in [3.8, 4) is 5.75 Å². The predicted octanol–water partition coefficient (Wildman–Crippen LogP) is 5.77. The molecule has 0 aliphatic carbocycles. The van der Waals surface area contributed by atoms with E-state index in [0.717, 1.165) is 95.4 Å². The van der Waals surface area contributed by atoms with Crippen LogP contribution in [0.4, 0.5) is 34.1 Å². The fourth-order valence-corrected chi connectivity index (χ4v) is 10.0. The lowest BCUT2D eigenvalue weighted by Crippen LogP contribution is -2.52. The number of piperidine rings is 3. The molecule has 1 atom stereocenters. The zero-order chi connectivity index (χ0) is 45.4. The number of likely N-dealkylation sites (tertiary alicyclic amines) is 3.